The second-order valence-corrected chi connectivity index (χ2v) is 7.53. The number of aryl methyl sites for hydroxylation is 1. The normalized spacial score (nSPS) is 12.2. The Labute approximate surface area is 164 Å². The molecule has 0 bridgehead atoms. The average molecular weight is 406 g/mol. The highest BCUT2D eigenvalue weighted by Crippen LogP contribution is 2.19. The highest BCUT2D eigenvalue weighted by Gasteiger charge is 2.28. The molecule has 0 fully saturated rings. The molecule has 0 saturated carbocycles. The lowest BCUT2D eigenvalue weighted by atomic mass is 10.1. The van der Waals surface area contributed by atoms with Gasteiger partial charge in [0.1, 0.15) is 0 Å². The Hall–Kier alpha value is -2.71. The summed E-state index contributed by atoms with van der Waals surface area (Å²) in [6, 6.07) is 14.7. The van der Waals surface area contributed by atoms with Crippen LogP contribution in [0, 0.1) is 0 Å². The molecule has 0 aliphatic carbocycles. The SMILES string of the molecule is COC(=O)c1ccc(S(=O)(=O)O[C@H](CCCc2ccccc2)C(=O)OC)cc1. The van der Waals surface area contributed by atoms with E-state index in [2.05, 4.69) is 9.47 Å². The van der Waals surface area contributed by atoms with E-state index in [9.17, 15) is 18.0 Å². The second kappa shape index (κ2) is 10.0. The summed E-state index contributed by atoms with van der Waals surface area (Å²) in [5.74, 6) is -1.35. The van der Waals surface area contributed by atoms with Crippen LogP contribution < -0.4 is 0 Å². The number of rotatable bonds is 9. The smallest absolute Gasteiger partial charge is 0.337 e. The van der Waals surface area contributed by atoms with Gasteiger partial charge >= 0.3 is 11.9 Å². The molecular formula is C20H22O7S. The largest absolute Gasteiger partial charge is 0.467 e. The van der Waals surface area contributed by atoms with E-state index >= 15 is 0 Å². The van der Waals surface area contributed by atoms with E-state index in [0.29, 0.717) is 12.8 Å². The lowest BCUT2D eigenvalue weighted by Gasteiger charge is -2.15. The molecule has 2 aromatic carbocycles. The molecule has 0 spiro atoms. The fourth-order valence-corrected chi connectivity index (χ4v) is 3.62. The van der Waals surface area contributed by atoms with Crippen molar-refractivity contribution in [3.05, 3.63) is 65.7 Å². The van der Waals surface area contributed by atoms with Crippen LogP contribution in [0.5, 0.6) is 0 Å². The number of methoxy groups -OCH3 is 2. The van der Waals surface area contributed by atoms with Crippen LogP contribution in [0.1, 0.15) is 28.8 Å². The number of carbonyl (C=O) groups excluding carboxylic acids is 2. The molecule has 8 heteroatoms. The van der Waals surface area contributed by atoms with Gasteiger partial charge in [-0.25, -0.2) is 9.59 Å². The summed E-state index contributed by atoms with van der Waals surface area (Å²) in [6.07, 6.45) is 0.145. The third kappa shape index (κ3) is 5.90. The van der Waals surface area contributed by atoms with Gasteiger partial charge in [0.15, 0.2) is 6.10 Å². The van der Waals surface area contributed by atoms with Gasteiger partial charge < -0.3 is 9.47 Å². The van der Waals surface area contributed by atoms with Crippen LogP contribution in [0.3, 0.4) is 0 Å². The zero-order valence-corrected chi connectivity index (χ0v) is 16.5. The van der Waals surface area contributed by atoms with Crippen molar-refractivity contribution in [1.29, 1.82) is 0 Å². The predicted molar refractivity (Wildman–Crippen MR) is 101 cm³/mol. The summed E-state index contributed by atoms with van der Waals surface area (Å²) in [6.45, 7) is 0. The fourth-order valence-electron chi connectivity index (χ4n) is 2.56. The van der Waals surface area contributed by atoms with E-state index in [1.165, 1.54) is 38.5 Å². The Kier molecular flexibility index (Phi) is 7.71. The quantitative estimate of drug-likeness (QED) is 0.467. The van der Waals surface area contributed by atoms with Crippen LogP contribution in [-0.2, 0) is 35.0 Å². The molecular weight excluding hydrogens is 384 g/mol. The molecule has 2 rings (SSSR count). The first-order chi connectivity index (χ1) is 13.4. The zero-order valence-electron chi connectivity index (χ0n) is 15.7. The molecule has 150 valence electrons. The van der Waals surface area contributed by atoms with Crippen molar-refractivity contribution in [2.45, 2.75) is 30.3 Å². The van der Waals surface area contributed by atoms with E-state index in [0.717, 1.165) is 5.56 Å². The Morgan fingerprint density at radius 1 is 0.929 bits per heavy atom. The minimum Gasteiger partial charge on any atom is -0.467 e. The van der Waals surface area contributed by atoms with E-state index < -0.39 is 28.2 Å². The molecule has 0 N–H and O–H groups in total. The minimum absolute atomic E-state index is 0.169. The molecule has 0 radical (unpaired) electrons. The van der Waals surface area contributed by atoms with Crippen molar-refractivity contribution < 1.29 is 31.7 Å². The zero-order chi connectivity index (χ0) is 20.6. The number of benzene rings is 2. The van der Waals surface area contributed by atoms with Crippen LogP contribution in [0.25, 0.3) is 0 Å². The van der Waals surface area contributed by atoms with Crippen molar-refractivity contribution in [1.82, 2.24) is 0 Å². The Balaban J connectivity index is 2.07. The van der Waals surface area contributed by atoms with Crippen LogP contribution in [0.4, 0.5) is 0 Å². The first-order valence-electron chi connectivity index (χ1n) is 8.61. The first kappa shape index (κ1) is 21.6. The van der Waals surface area contributed by atoms with Gasteiger partial charge in [-0.2, -0.15) is 8.42 Å². The van der Waals surface area contributed by atoms with Gasteiger partial charge in [0.2, 0.25) is 0 Å². The molecule has 0 aliphatic rings. The van der Waals surface area contributed by atoms with Crippen molar-refractivity contribution in [3.63, 3.8) is 0 Å². The number of hydrogen-bond donors (Lipinski definition) is 0. The van der Waals surface area contributed by atoms with E-state index in [-0.39, 0.29) is 16.9 Å². The van der Waals surface area contributed by atoms with Crippen molar-refractivity contribution in [2.24, 2.45) is 0 Å². The third-order valence-corrected chi connectivity index (χ3v) is 5.38. The third-order valence-electron chi connectivity index (χ3n) is 4.05. The van der Waals surface area contributed by atoms with Crippen LogP contribution >= 0.6 is 0 Å². The van der Waals surface area contributed by atoms with E-state index in [4.69, 9.17) is 4.18 Å². The molecule has 0 heterocycles. The molecule has 0 aliphatic heterocycles. The second-order valence-electron chi connectivity index (χ2n) is 5.96. The Bertz CT molecular complexity index is 890. The molecule has 2 aromatic rings. The lowest BCUT2D eigenvalue weighted by molar-refractivity contribution is -0.149. The summed E-state index contributed by atoms with van der Waals surface area (Å²) in [5.41, 5.74) is 1.28. The van der Waals surface area contributed by atoms with Crippen molar-refractivity contribution >= 4 is 22.1 Å². The monoisotopic (exact) mass is 406 g/mol. The minimum atomic E-state index is -4.21. The average Bonchev–Trinajstić information content (AvgIpc) is 2.72. The number of hydrogen-bond acceptors (Lipinski definition) is 7. The maximum atomic E-state index is 12.5. The summed E-state index contributed by atoms with van der Waals surface area (Å²) in [7, 11) is -1.81. The number of esters is 2. The Morgan fingerprint density at radius 2 is 1.57 bits per heavy atom. The van der Waals surface area contributed by atoms with Gasteiger partial charge in [-0.05, 0) is 49.1 Å². The van der Waals surface area contributed by atoms with Crippen molar-refractivity contribution in [2.75, 3.05) is 14.2 Å². The maximum absolute atomic E-state index is 12.5. The summed E-state index contributed by atoms with van der Waals surface area (Å²) in [4.78, 5) is 23.3. The van der Waals surface area contributed by atoms with Gasteiger partial charge in [-0.15, -0.1) is 0 Å². The van der Waals surface area contributed by atoms with Crippen molar-refractivity contribution in [3.8, 4) is 0 Å². The fraction of sp³-hybridized carbons (Fsp3) is 0.300. The van der Waals surface area contributed by atoms with E-state index in [1.54, 1.807) is 0 Å². The van der Waals surface area contributed by atoms with Gasteiger partial charge in [0, 0.05) is 0 Å². The van der Waals surface area contributed by atoms with Crippen LogP contribution in [0.15, 0.2) is 59.5 Å². The molecule has 7 nitrogen and oxygen atoms in total. The van der Waals surface area contributed by atoms with Crippen LogP contribution in [-0.4, -0.2) is 40.7 Å². The first-order valence-corrected chi connectivity index (χ1v) is 10.0. The molecule has 1 atom stereocenters. The highest BCUT2D eigenvalue weighted by molar-refractivity contribution is 7.86. The molecule has 0 unspecified atom stereocenters. The lowest BCUT2D eigenvalue weighted by Crippen LogP contribution is -2.28. The highest BCUT2D eigenvalue weighted by atomic mass is 32.2. The number of ether oxygens (including phenoxy) is 2. The number of carbonyl (C=O) groups is 2. The maximum Gasteiger partial charge on any atom is 0.337 e. The van der Waals surface area contributed by atoms with Gasteiger partial charge in [-0.1, -0.05) is 30.3 Å². The van der Waals surface area contributed by atoms with Crippen LogP contribution in [0.2, 0.25) is 0 Å². The van der Waals surface area contributed by atoms with Gasteiger partial charge in [-0.3, -0.25) is 4.18 Å². The Morgan fingerprint density at radius 3 is 2.14 bits per heavy atom. The summed E-state index contributed by atoms with van der Waals surface area (Å²) < 4.78 is 39.4. The molecule has 0 aromatic heterocycles. The molecule has 0 amide bonds. The van der Waals surface area contributed by atoms with Gasteiger partial charge in [0.25, 0.3) is 10.1 Å². The van der Waals surface area contributed by atoms with E-state index in [1.807, 2.05) is 30.3 Å². The van der Waals surface area contributed by atoms with Gasteiger partial charge in [0.05, 0.1) is 24.7 Å². The topological polar surface area (TPSA) is 96.0 Å². The molecule has 28 heavy (non-hydrogen) atoms. The summed E-state index contributed by atoms with van der Waals surface area (Å²) >= 11 is 0. The predicted octanol–water partition coefficient (Wildman–Crippen LogP) is 2.74. The summed E-state index contributed by atoms with van der Waals surface area (Å²) in [5, 5.41) is 0. The standard InChI is InChI=1S/C20H22O7S/c1-25-19(21)16-11-13-17(14-12-16)28(23,24)27-18(20(22)26-2)10-6-9-15-7-4-3-5-8-15/h3-5,7-8,11-14,18H,6,9-10H2,1-2H3/t18-/m1/s1. The molecule has 0 saturated heterocycles.